The molecule has 1 saturated heterocycles. The van der Waals surface area contributed by atoms with Crippen LogP contribution < -0.4 is 10.7 Å². The van der Waals surface area contributed by atoms with Gasteiger partial charge in [-0.15, -0.1) is 0 Å². The summed E-state index contributed by atoms with van der Waals surface area (Å²) in [6.45, 7) is 1.75. The molecule has 0 aromatic carbocycles. The van der Waals surface area contributed by atoms with E-state index in [9.17, 15) is 9.59 Å². The Morgan fingerprint density at radius 3 is 2.26 bits per heavy atom. The van der Waals surface area contributed by atoms with Gasteiger partial charge < -0.3 is 10.4 Å². The van der Waals surface area contributed by atoms with Crippen LogP contribution in [0.5, 0.6) is 0 Å². The minimum absolute atomic E-state index is 0.0143. The van der Waals surface area contributed by atoms with Crippen molar-refractivity contribution in [2.45, 2.75) is 56.9 Å². The molecule has 0 spiro atoms. The Labute approximate surface area is 113 Å². The van der Waals surface area contributed by atoms with Crippen LogP contribution in [0.4, 0.5) is 4.79 Å². The molecule has 2 aliphatic rings. The lowest BCUT2D eigenvalue weighted by molar-refractivity contribution is -0.138. The van der Waals surface area contributed by atoms with Crippen molar-refractivity contribution >= 4 is 12.0 Å². The molecule has 0 radical (unpaired) electrons. The third-order valence-corrected chi connectivity index (χ3v) is 4.04. The maximum absolute atomic E-state index is 12.0. The molecule has 2 amide bonds. The van der Waals surface area contributed by atoms with Crippen molar-refractivity contribution in [1.29, 1.82) is 0 Å². The van der Waals surface area contributed by atoms with E-state index >= 15 is 0 Å². The van der Waals surface area contributed by atoms with Gasteiger partial charge in [0.2, 0.25) is 0 Å². The van der Waals surface area contributed by atoms with Crippen molar-refractivity contribution in [3.05, 3.63) is 0 Å². The molecule has 108 valence electrons. The molecule has 1 saturated carbocycles. The summed E-state index contributed by atoms with van der Waals surface area (Å²) >= 11 is 0. The van der Waals surface area contributed by atoms with Gasteiger partial charge in [0.15, 0.2) is 0 Å². The van der Waals surface area contributed by atoms with E-state index in [1.165, 1.54) is 6.42 Å². The number of carbonyl (C=O) groups is 2. The molecule has 0 bridgehead atoms. The number of piperidine rings is 1. The van der Waals surface area contributed by atoms with Crippen molar-refractivity contribution in [2.24, 2.45) is 0 Å². The van der Waals surface area contributed by atoms with Crippen LogP contribution >= 0.6 is 0 Å². The van der Waals surface area contributed by atoms with E-state index in [0.717, 1.165) is 51.6 Å². The molecule has 0 aromatic rings. The molecule has 6 heteroatoms. The second-order valence-corrected chi connectivity index (χ2v) is 5.67. The summed E-state index contributed by atoms with van der Waals surface area (Å²) in [5, 5.41) is 13.8. The number of hydrogen-bond acceptors (Lipinski definition) is 3. The molecule has 0 atom stereocenters. The summed E-state index contributed by atoms with van der Waals surface area (Å²) in [5.41, 5.74) is 2.28. The molecule has 0 aromatic heterocycles. The third kappa shape index (κ3) is 4.09. The van der Waals surface area contributed by atoms with Gasteiger partial charge in [0, 0.05) is 13.1 Å². The van der Waals surface area contributed by atoms with Crippen molar-refractivity contribution in [1.82, 2.24) is 15.8 Å². The van der Waals surface area contributed by atoms with Crippen LogP contribution in [0.2, 0.25) is 0 Å². The smallest absolute Gasteiger partial charge is 0.329 e. The lowest BCUT2D eigenvalue weighted by atomic mass is 9.93. The monoisotopic (exact) mass is 269 g/mol. The van der Waals surface area contributed by atoms with Crippen molar-refractivity contribution in [2.75, 3.05) is 13.1 Å². The van der Waals surface area contributed by atoms with Crippen LogP contribution in [-0.2, 0) is 4.79 Å². The van der Waals surface area contributed by atoms with E-state index in [0.29, 0.717) is 0 Å². The number of nitrogens with one attached hydrogen (secondary N) is 2. The standard InChI is InChI=1S/C13H23N3O3/c17-11(18)10-13(6-2-3-7-13)14-12(19)15-16-8-4-1-5-9-16/h1-10H2,(H,17,18)(H2,14,15,19). The number of hydrogen-bond donors (Lipinski definition) is 3. The summed E-state index contributed by atoms with van der Waals surface area (Å²) in [7, 11) is 0. The zero-order valence-corrected chi connectivity index (χ0v) is 11.3. The number of hydrazine groups is 1. The van der Waals surface area contributed by atoms with Gasteiger partial charge in [0.25, 0.3) is 0 Å². The maximum Gasteiger partial charge on any atom is 0.329 e. The minimum atomic E-state index is -0.847. The largest absolute Gasteiger partial charge is 0.481 e. The first-order chi connectivity index (χ1) is 9.10. The van der Waals surface area contributed by atoms with E-state index in [4.69, 9.17) is 5.11 Å². The van der Waals surface area contributed by atoms with Gasteiger partial charge in [-0.3, -0.25) is 10.2 Å². The van der Waals surface area contributed by atoms with Crippen LogP contribution in [0.15, 0.2) is 0 Å². The van der Waals surface area contributed by atoms with E-state index in [2.05, 4.69) is 10.7 Å². The number of carboxylic acid groups (broad SMARTS) is 1. The summed E-state index contributed by atoms with van der Waals surface area (Å²) in [5.74, 6) is -0.847. The highest BCUT2D eigenvalue weighted by atomic mass is 16.4. The fourth-order valence-electron chi connectivity index (χ4n) is 3.11. The van der Waals surface area contributed by atoms with Gasteiger partial charge in [-0.2, -0.15) is 0 Å². The lowest BCUT2D eigenvalue weighted by Gasteiger charge is -2.32. The van der Waals surface area contributed by atoms with Gasteiger partial charge in [-0.1, -0.05) is 19.3 Å². The highest BCUT2D eigenvalue weighted by Crippen LogP contribution is 2.32. The molecule has 1 aliphatic carbocycles. The van der Waals surface area contributed by atoms with Crippen molar-refractivity contribution < 1.29 is 14.7 Å². The number of urea groups is 1. The Kier molecular flexibility index (Phi) is 4.63. The van der Waals surface area contributed by atoms with Crippen molar-refractivity contribution in [3.8, 4) is 0 Å². The van der Waals surface area contributed by atoms with E-state index < -0.39 is 11.5 Å². The molecule has 1 aliphatic heterocycles. The normalized spacial score (nSPS) is 22.9. The number of amides is 2. The van der Waals surface area contributed by atoms with Gasteiger partial charge in [-0.05, 0) is 25.7 Å². The average Bonchev–Trinajstić information content (AvgIpc) is 2.77. The van der Waals surface area contributed by atoms with Crippen LogP contribution in [0, 0.1) is 0 Å². The predicted molar refractivity (Wildman–Crippen MR) is 70.5 cm³/mol. The molecular formula is C13H23N3O3. The van der Waals surface area contributed by atoms with E-state index in [-0.39, 0.29) is 12.5 Å². The molecule has 2 fully saturated rings. The highest BCUT2D eigenvalue weighted by Gasteiger charge is 2.37. The van der Waals surface area contributed by atoms with E-state index in [1.807, 2.05) is 5.01 Å². The molecule has 2 rings (SSSR count). The van der Waals surface area contributed by atoms with Crippen molar-refractivity contribution in [3.63, 3.8) is 0 Å². The quantitative estimate of drug-likeness (QED) is 0.722. The zero-order chi connectivity index (χ0) is 13.7. The molecule has 3 N–H and O–H groups in total. The van der Waals surface area contributed by atoms with Gasteiger partial charge in [0.05, 0.1) is 12.0 Å². The van der Waals surface area contributed by atoms with E-state index in [1.54, 1.807) is 0 Å². The summed E-state index contributed by atoms with van der Waals surface area (Å²) < 4.78 is 0. The van der Waals surface area contributed by atoms with Crippen LogP contribution in [0.1, 0.15) is 51.4 Å². The topological polar surface area (TPSA) is 81.7 Å². The SMILES string of the molecule is O=C(O)CC1(NC(=O)NN2CCCCC2)CCCC1. The highest BCUT2D eigenvalue weighted by molar-refractivity contribution is 5.76. The van der Waals surface area contributed by atoms with Crippen LogP contribution in [-0.4, -0.2) is 40.7 Å². The van der Waals surface area contributed by atoms with Crippen LogP contribution in [0.3, 0.4) is 0 Å². The number of nitrogens with zero attached hydrogens (tertiary/aromatic N) is 1. The summed E-state index contributed by atoms with van der Waals surface area (Å²) in [6, 6.07) is -0.259. The molecule has 1 heterocycles. The first kappa shape index (κ1) is 14.1. The number of aliphatic carboxylic acids is 1. The number of carboxylic acids is 1. The third-order valence-electron chi connectivity index (χ3n) is 4.04. The second-order valence-electron chi connectivity index (χ2n) is 5.67. The zero-order valence-electron chi connectivity index (χ0n) is 11.3. The fraction of sp³-hybridized carbons (Fsp3) is 0.846. The number of rotatable bonds is 4. The fourth-order valence-corrected chi connectivity index (χ4v) is 3.11. The molecule has 0 unspecified atom stereocenters. The Bertz CT molecular complexity index is 334. The first-order valence-corrected chi connectivity index (χ1v) is 7.15. The summed E-state index contributed by atoms with van der Waals surface area (Å²) in [4.78, 5) is 22.9. The van der Waals surface area contributed by atoms with Gasteiger partial charge in [-0.25, -0.2) is 9.80 Å². The first-order valence-electron chi connectivity index (χ1n) is 7.15. The Morgan fingerprint density at radius 1 is 1.05 bits per heavy atom. The number of carbonyl (C=O) groups excluding carboxylic acids is 1. The minimum Gasteiger partial charge on any atom is -0.481 e. The summed E-state index contributed by atoms with van der Waals surface area (Å²) in [6.07, 6.45) is 6.90. The lowest BCUT2D eigenvalue weighted by Crippen LogP contribution is -2.56. The maximum atomic E-state index is 12.0. The molecular weight excluding hydrogens is 246 g/mol. The predicted octanol–water partition coefficient (Wildman–Crippen LogP) is 1.47. The Balaban J connectivity index is 1.86. The second kappa shape index (κ2) is 6.23. The average molecular weight is 269 g/mol. The van der Waals surface area contributed by atoms with Gasteiger partial charge >= 0.3 is 12.0 Å². The molecule has 19 heavy (non-hydrogen) atoms. The Hall–Kier alpha value is -1.30. The van der Waals surface area contributed by atoms with Gasteiger partial charge in [0.1, 0.15) is 0 Å². The Morgan fingerprint density at radius 2 is 1.68 bits per heavy atom. The van der Waals surface area contributed by atoms with Crippen LogP contribution in [0.25, 0.3) is 0 Å². The molecule has 6 nitrogen and oxygen atoms in total.